The zero-order chi connectivity index (χ0) is 21.3. The maximum Gasteiger partial charge on any atom is 0.270 e. The molecule has 160 valence electrons. The average Bonchev–Trinajstić information content (AvgIpc) is 3.38. The zero-order valence-corrected chi connectivity index (χ0v) is 17.1. The van der Waals surface area contributed by atoms with Crippen molar-refractivity contribution in [1.82, 2.24) is 15.7 Å². The summed E-state index contributed by atoms with van der Waals surface area (Å²) >= 11 is 6.09. The summed E-state index contributed by atoms with van der Waals surface area (Å²) < 4.78 is 0. The number of nitro benzene ring substituents is 1. The van der Waals surface area contributed by atoms with E-state index >= 15 is 0 Å². The van der Waals surface area contributed by atoms with Crippen molar-refractivity contribution >= 4 is 29.1 Å². The number of nitrogens with one attached hydrogen (secondary N) is 2. The van der Waals surface area contributed by atoms with Gasteiger partial charge in [-0.2, -0.15) is 0 Å². The van der Waals surface area contributed by atoms with Crippen LogP contribution in [0.15, 0.2) is 30.0 Å². The van der Waals surface area contributed by atoms with Crippen LogP contribution in [0.1, 0.15) is 48.9 Å². The number of benzene rings is 1. The van der Waals surface area contributed by atoms with E-state index in [1.165, 1.54) is 18.2 Å². The summed E-state index contributed by atoms with van der Waals surface area (Å²) in [5.74, 6) is -0.436. The molecule has 1 spiro atoms. The molecule has 0 atom stereocenters. The van der Waals surface area contributed by atoms with Crippen LogP contribution in [0.5, 0.6) is 0 Å². The van der Waals surface area contributed by atoms with Gasteiger partial charge in [-0.25, -0.2) is 0 Å². The summed E-state index contributed by atoms with van der Waals surface area (Å²) in [7, 11) is 0. The van der Waals surface area contributed by atoms with Gasteiger partial charge in [0.25, 0.3) is 17.5 Å². The molecule has 2 N–H and O–H groups in total. The number of likely N-dealkylation sites (tertiary alicyclic amines) is 1. The number of carbonyl (C=O) groups is 2. The molecule has 1 aromatic rings. The maximum absolute atomic E-state index is 12.8. The van der Waals surface area contributed by atoms with E-state index in [-0.39, 0.29) is 34.1 Å². The summed E-state index contributed by atoms with van der Waals surface area (Å²) in [5.41, 5.74) is 2.62. The molecule has 0 radical (unpaired) electrons. The Hall–Kier alpha value is -2.65. The molecule has 3 aliphatic rings. The van der Waals surface area contributed by atoms with Crippen LogP contribution in [-0.2, 0) is 9.63 Å². The summed E-state index contributed by atoms with van der Waals surface area (Å²) in [5, 5.41) is 13.9. The standard InChI is InChI=1S/C20H23ClN4O5/c21-16-11-14(25(28)29)5-6-15(16)19(27)24-9-7-20(8-10-24)12-17(23-30-20)18(26)22-13-3-1-2-4-13/h5-6,11-13,23H,1-4,7-10H2,(H,22,26). The second-order valence-corrected chi connectivity index (χ2v) is 8.40. The van der Waals surface area contributed by atoms with E-state index in [0.29, 0.717) is 31.6 Å². The predicted octanol–water partition coefficient (Wildman–Crippen LogP) is 2.70. The average molecular weight is 435 g/mol. The first-order valence-electron chi connectivity index (χ1n) is 10.1. The minimum atomic E-state index is -0.627. The van der Waals surface area contributed by atoms with Crippen LogP contribution in [0.2, 0.25) is 5.02 Å². The number of rotatable bonds is 4. The molecule has 0 bridgehead atoms. The first-order valence-corrected chi connectivity index (χ1v) is 10.5. The van der Waals surface area contributed by atoms with E-state index in [1.54, 1.807) is 4.90 Å². The highest BCUT2D eigenvalue weighted by Gasteiger charge is 2.41. The number of non-ortho nitro benzene ring substituents is 1. The van der Waals surface area contributed by atoms with Gasteiger partial charge >= 0.3 is 0 Å². The van der Waals surface area contributed by atoms with Gasteiger partial charge in [0, 0.05) is 44.1 Å². The molecular weight excluding hydrogens is 412 g/mol. The molecule has 1 aliphatic carbocycles. The number of carbonyl (C=O) groups excluding carboxylic acids is 2. The maximum atomic E-state index is 12.8. The monoisotopic (exact) mass is 434 g/mol. The number of nitrogens with zero attached hydrogens (tertiary/aromatic N) is 2. The smallest absolute Gasteiger partial charge is 0.270 e. The topological polar surface area (TPSA) is 114 Å². The Labute approximate surface area is 178 Å². The van der Waals surface area contributed by atoms with Crippen molar-refractivity contribution in [2.45, 2.75) is 50.2 Å². The third kappa shape index (κ3) is 4.13. The molecule has 0 aromatic heterocycles. The van der Waals surface area contributed by atoms with Crippen LogP contribution in [-0.4, -0.2) is 46.4 Å². The van der Waals surface area contributed by atoms with Gasteiger partial charge in [0.05, 0.1) is 15.5 Å². The highest BCUT2D eigenvalue weighted by Crippen LogP contribution is 2.33. The third-order valence-corrected chi connectivity index (χ3v) is 6.31. The van der Waals surface area contributed by atoms with Crippen molar-refractivity contribution < 1.29 is 19.3 Å². The second-order valence-electron chi connectivity index (χ2n) is 8.00. The Morgan fingerprint density at radius 3 is 2.60 bits per heavy atom. The van der Waals surface area contributed by atoms with Gasteiger partial charge in [-0.05, 0) is 25.0 Å². The summed E-state index contributed by atoms with van der Waals surface area (Å²) in [6.45, 7) is 0.837. The highest BCUT2D eigenvalue weighted by molar-refractivity contribution is 6.34. The van der Waals surface area contributed by atoms with E-state index in [2.05, 4.69) is 10.8 Å². The van der Waals surface area contributed by atoms with Crippen LogP contribution in [0.25, 0.3) is 0 Å². The van der Waals surface area contributed by atoms with Gasteiger partial charge in [-0.3, -0.25) is 30.0 Å². The molecule has 2 amide bonds. The lowest BCUT2D eigenvalue weighted by Gasteiger charge is -2.36. The number of amides is 2. The fourth-order valence-electron chi connectivity index (χ4n) is 4.22. The van der Waals surface area contributed by atoms with Crippen LogP contribution in [0.4, 0.5) is 5.69 Å². The Bertz CT molecular complexity index is 904. The van der Waals surface area contributed by atoms with Crippen molar-refractivity contribution in [3.05, 3.63) is 50.7 Å². The van der Waals surface area contributed by atoms with Gasteiger partial charge in [-0.15, -0.1) is 0 Å². The van der Waals surface area contributed by atoms with Crippen molar-refractivity contribution in [2.75, 3.05) is 13.1 Å². The second kappa shape index (κ2) is 8.23. The van der Waals surface area contributed by atoms with Gasteiger partial charge in [0.1, 0.15) is 11.3 Å². The van der Waals surface area contributed by atoms with Gasteiger partial charge in [0.2, 0.25) is 0 Å². The number of hydroxylamine groups is 1. The molecular formula is C20H23ClN4O5. The lowest BCUT2D eigenvalue weighted by Crippen LogP contribution is -2.46. The predicted molar refractivity (Wildman–Crippen MR) is 109 cm³/mol. The van der Waals surface area contributed by atoms with E-state index in [0.717, 1.165) is 25.7 Å². The molecule has 30 heavy (non-hydrogen) atoms. The lowest BCUT2D eigenvalue weighted by molar-refractivity contribution is -0.384. The summed E-state index contributed by atoms with van der Waals surface area (Å²) in [4.78, 5) is 42.9. The molecule has 1 aromatic carbocycles. The molecule has 1 saturated carbocycles. The highest BCUT2D eigenvalue weighted by atomic mass is 35.5. The number of hydrogen-bond donors (Lipinski definition) is 2. The first-order chi connectivity index (χ1) is 14.4. The van der Waals surface area contributed by atoms with Gasteiger partial charge in [0.15, 0.2) is 0 Å². The lowest BCUT2D eigenvalue weighted by atomic mass is 9.90. The van der Waals surface area contributed by atoms with Crippen molar-refractivity contribution in [1.29, 1.82) is 0 Å². The van der Waals surface area contributed by atoms with Crippen molar-refractivity contribution in [3.63, 3.8) is 0 Å². The third-order valence-electron chi connectivity index (χ3n) is 6.00. The fourth-order valence-corrected chi connectivity index (χ4v) is 4.48. The molecule has 9 nitrogen and oxygen atoms in total. The van der Waals surface area contributed by atoms with Gasteiger partial charge in [-0.1, -0.05) is 24.4 Å². The van der Waals surface area contributed by atoms with E-state index in [1.807, 2.05) is 6.08 Å². The molecule has 2 fully saturated rings. The summed E-state index contributed by atoms with van der Waals surface area (Å²) in [6.07, 6.45) is 7.16. The van der Waals surface area contributed by atoms with Crippen LogP contribution < -0.4 is 10.8 Å². The summed E-state index contributed by atoms with van der Waals surface area (Å²) in [6, 6.07) is 4.06. The molecule has 2 aliphatic heterocycles. The SMILES string of the molecule is O=C(NC1CCCC1)C1=CC2(CCN(C(=O)c3ccc([N+](=O)[O-])cc3Cl)CC2)ON1. The molecule has 10 heteroatoms. The Kier molecular flexibility index (Phi) is 5.66. The Morgan fingerprint density at radius 2 is 1.97 bits per heavy atom. The first kappa shape index (κ1) is 20.6. The van der Waals surface area contributed by atoms with Crippen LogP contribution in [0, 0.1) is 10.1 Å². The van der Waals surface area contributed by atoms with Crippen LogP contribution >= 0.6 is 11.6 Å². The molecule has 2 heterocycles. The van der Waals surface area contributed by atoms with Crippen molar-refractivity contribution in [3.8, 4) is 0 Å². The van der Waals surface area contributed by atoms with E-state index in [9.17, 15) is 19.7 Å². The van der Waals surface area contributed by atoms with E-state index < -0.39 is 10.5 Å². The Morgan fingerprint density at radius 1 is 1.27 bits per heavy atom. The molecule has 4 rings (SSSR count). The number of hydrogen-bond acceptors (Lipinski definition) is 6. The number of piperidine rings is 1. The largest absolute Gasteiger partial charge is 0.348 e. The molecule has 0 unspecified atom stereocenters. The normalized spacial score (nSPS) is 20.7. The molecule has 1 saturated heterocycles. The van der Waals surface area contributed by atoms with Crippen LogP contribution in [0.3, 0.4) is 0 Å². The van der Waals surface area contributed by atoms with Crippen molar-refractivity contribution in [2.24, 2.45) is 0 Å². The zero-order valence-electron chi connectivity index (χ0n) is 16.4. The minimum Gasteiger partial charge on any atom is -0.348 e. The number of halogens is 1. The quantitative estimate of drug-likeness (QED) is 0.556. The Balaban J connectivity index is 1.37. The van der Waals surface area contributed by atoms with E-state index in [4.69, 9.17) is 16.4 Å². The van der Waals surface area contributed by atoms with Gasteiger partial charge < -0.3 is 10.2 Å². The fraction of sp³-hybridized carbons (Fsp3) is 0.500. The minimum absolute atomic E-state index is 0.0547. The number of nitro groups is 1.